The molecular formula is C35H42N4O5. The van der Waals surface area contributed by atoms with Crippen LogP contribution in [0.5, 0.6) is 0 Å². The summed E-state index contributed by atoms with van der Waals surface area (Å²) in [5.41, 5.74) is 9.85. The molecule has 9 heteroatoms. The van der Waals surface area contributed by atoms with Crippen LogP contribution in [-0.2, 0) is 20.8 Å². The van der Waals surface area contributed by atoms with Crippen molar-refractivity contribution in [1.29, 1.82) is 5.26 Å². The predicted molar refractivity (Wildman–Crippen MR) is 169 cm³/mol. The fourth-order valence-electron chi connectivity index (χ4n) is 5.20. The highest BCUT2D eigenvalue weighted by Crippen LogP contribution is 2.28. The second kappa shape index (κ2) is 14.3. The third-order valence-electron chi connectivity index (χ3n) is 7.79. The summed E-state index contributed by atoms with van der Waals surface area (Å²) in [5, 5.41) is 36.0. The van der Waals surface area contributed by atoms with E-state index in [1.165, 1.54) is 0 Å². The summed E-state index contributed by atoms with van der Waals surface area (Å²) >= 11 is 0. The van der Waals surface area contributed by atoms with Gasteiger partial charge in [0.2, 0.25) is 11.8 Å². The second-order valence-corrected chi connectivity index (χ2v) is 12.3. The lowest BCUT2D eigenvalue weighted by molar-refractivity contribution is -0.205. The van der Waals surface area contributed by atoms with Crippen molar-refractivity contribution >= 4 is 17.7 Å². The highest BCUT2D eigenvalue weighted by molar-refractivity contribution is 5.93. The van der Waals surface area contributed by atoms with Crippen molar-refractivity contribution in [2.75, 3.05) is 0 Å². The monoisotopic (exact) mass is 598 g/mol. The van der Waals surface area contributed by atoms with Gasteiger partial charge in [-0.1, -0.05) is 81.4 Å². The van der Waals surface area contributed by atoms with E-state index in [-0.39, 0.29) is 12.5 Å². The summed E-state index contributed by atoms with van der Waals surface area (Å²) in [7, 11) is 0. The highest BCUT2D eigenvalue weighted by atomic mass is 16.5. The molecular weight excluding hydrogens is 556 g/mol. The standard InChI is InChI=1S/C35H42N4O5/c1-22-19-24(17-18-28(22)27-15-9-12-25(20-27)21-36)11-10-16-29(35(43,44)33(37)42)31(40)39-30(34(3,4)5)32(41)38-23(2)26-13-7-6-8-14-26/h6-9,12-15,17-20,23,29-30,43-44H,10-11,16H2,1-5H3,(H2,37,42)(H,38,41)(H,39,40)/t23-,29+,30-/m1/s1. The number of nitrogens with zero attached hydrogens (tertiary/aromatic N) is 1. The Bertz CT molecular complexity index is 1520. The maximum Gasteiger partial charge on any atom is 0.278 e. The van der Waals surface area contributed by atoms with Gasteiger partial charge in [0.25, 0.3) is 11.7 Å². The number of aryl methyl sites for hydroxylation is 2. The van der Waals surface area contributed by atoms with E-state index >= 15 is 0 Å². The number of carbonyl (C=O) groups is 3. The van der Waals surface area contributed by atoms with E-state index in [0.717, 1.165) is 27.8 Å². The summed E-state index contributed by atoms with van der Waals surface area (Å²) < 4.78 is 0. The predicted octanol–water partition coefficient (Wildman–Crippen LogP) is 4.05. The smallest absolute Gasteiger partial charge is 0.278 e. The highest BCUT2D eigenvalue weighted by Gasteiger charge is 2.46. The first kappa shape index (κ1) is 34.0. The normalized spacial score (nSPS) is 13.7. The number of hydrogen-bond donors (Lipinski definition) is 5. The third-order valence-corrected chi connectivity index (χ3v) is 7.79. The molecule has 0 aliphatic heterocycles. The average Bonchev–Trinajstić information content (AvgIpc) is 2.97. The number of amides is 3. The molecule has 3 aromatic rings. The molecule has 3 aromatic carbocycles. The van der Waals surface area contributed by atoms with E-state index in [2.05, 4.69) is 16.7 Å². The zero-order chi connectivity index (χ0) is 32.7. The SMILES string of the molecule is Cc1cc(CCC[C@@H](C(=O)N[C@H](C(=O)N[C@H](C)c2ccccc2)C(C)(C)C)C(O)(O)C(N)=O)ccc1-c1cccc(C#N)c1. The van der Waals surface area contributed by atoms with Gasteiger partial charge in [-0.3, -0.25) is 14.4 Å². The first-order valence-electron chi connectivity index (χ1n) is 14.7. The van der Waals surface area contributed by atoms with Crippen LogP contribution in [0.2, 0.25) is 0 Å². The molecule has 0 bridgehead atoms. The Kier molecular flexibility index (Phi) is 11.0. The Morgan fingerprint density at radius 2 is 1.61 bits per heavy atom. The van der Waals surface area contributed by atoms with Gasteiger partial charge in [0.05, 0.1) is 17.7 Å². The maximum absolute atomic E-state index is 13.5. The summed E-state index contributed by atoms with van der Waals surface area (Å²) in [6.07, 6.45) is 0.732. The number of hydrogen-bond acceptors (Lipinski definition) is 6. The van der Waals surface area contributed by atoms with Crippen molar-refractivity contribution in [3.63, 3.8) is 0 Å². The summed E-state index contributed by atoms with van der Waals surface area (Å²) in [4.78, 5) is 38.9. The molecule has 0 spiro atoms. The van der Waals surface area contributed by atoms with E-state index in [9.17, 15) is 29.9 Å². The number of primary amides is 1. The first-order valence-corrected chi connectivity index (χ1v) is 14.7. The minimum absolute atomic E-state index is 0.0777. The van der Waals surface area contributed by atoms with Crippen LogP contribution in [0.4, 0.5) is 0 Å². The molecule has 0 saturated carbocycles. The summed E-state index contributed by atoms with van der Waals surface area (Å²) in [6.45, 7) is 9.13. The molecule has 6 N–H and O–H groups in total. The number of nitrogens with one attached hydrogen (secondary N) is 2. The van der Waals surface area contributed by atoms with Gasteiger partial charge in [-0.05, 0) is 78.5 Å². The van der Waals surface area contributed by atoms with Crippen LogP contribution >= 0.6 is 0 Å². The molecule has 0 saturated heterocycles. The van der Waals surface area contributed by atoms with Crippen molar-refractivity contribution in [3.05, 3.63) is 95.1 Å². The average molecular weight is 599 g/mol. The van der Waals surface area contributed by atoms with Crippen LogP contribution in [0.1, 0.15) is 68.8 Å². The number of nitriles is 1. The van der Waals surface area contributed by atoms with Gasteiger partial charge in [-0.15, -0.1) is 0 Å². The molecule has 3 atom stereocenters. The maximum atomic E-state index is 13.5. The molecule has 0 heterocycles. The summed E-state index contributed by atoms with van der Waals surface area (Å²) in [5.74, 6) is -7.49. The van der Waals surface area contributed by atoms with Crippen LogP contribution in [0.15, 0.2) is 72.8 Å². The van der Waals surface area contributed by atoms with E-state index in [0.29, 0.717) is 18.4 Å². The number of carbonyl (C=O) groups excluding carboxylic acids is 3. The van der Waals surface area contributed by atoms with Crippen LogP contribution in [-0.4, -0.2) is 39.8 Å². The van der Waals surface area contributed by atoms with Crippen molar-refractivity contribution in [2.45, 2.75) is 71.8 Å². The lowest BCUT2D eigenvalue weighted by Crippen LogP contribution is -2.60. The molecule has 0 radical (unpaired) electrons. The molecule has 0 aliphatic carbocycles. The molecule has 9 nitrogen and oxygen atoms in total. The molecule has 3 rings (SSSR count). The van der Waals surface area contributed by atoms with Crippen LogP contribution < -0.4 is 16.4 Å². The zero-order valence-electron chi connectivity index (χ0n) is 25.9. The van der Waals surface area contributed by atoms with Crippen molar-refractivity contribution in [2.24, 2.45) is 17.1 Å². The van der Waals surface area contributed by atoms with E-state index in [1.54, 1.807) is 26.8 Å². The van der Waals surface area contributed by atoms with Gasteiger partial charge in [-0.25, -0.2) is 0 Å². The number of aliphatic hydroxyl groups is 2. The minimum atomic E-state index is -3.12. The zero-order valence-corrected chi connectivity index (χ0v) is 25.9. The topological polar surface area (TPSA) is 166 Å². The van der Waals surface area contributed by atoms with Gasteiger partial charge < -0.3 is 26.6 Å². The van der Waals surface area contributed by atoms with Gasteiger partial charge in [-0.2, -0.15) is 5.26 Å². The molecule has 3 amide bonds. The molecule has 44 heavy (non-hydrogen) atoms. The van der Waals surface area contributed by atoms with Crippen molar-refractivity contribution in [1.82, 2.24) is 10.6 Å². The van der Waals surface area contributed by atoms with Crippen LogP contribution in [0.3, 0.4) is 0 Å². The van der Waals surface area contributed by atoms with E-state index < -0.39 is 40.9 Å². The molecule has 0 fully saturated rings. The molecule has 232 valence electrons. The number of benzene rings is 3. The first-order chi connectivity index (χ1) is 20.6. The molecule has 0 aromatic heterocycles. The Hall–Kier alpha value is -4.52. The van der Waals surface area contributed by atoms with Gasteiger partial charge in [0.1, 0.15) is 12.0 Å². The van der Waals surface area contributed by atoms with Crippen molar-refractivity contribution in [3.8, 4) is 17.2 Å². The van der Waals surface area contributed by atoms with E-state index in [1.807, 2.05) is 80.6 Å². The van der Waals surface area contributed by atoms with Crippen LogP contribution in [0.25, 0.3) is 11.1 Å². The van der Waals surface area contributed by atoms with Gasteiger partial charge in [0.15, 0.2) is 0 Å². The number of rotatable bonds is 12. The largest absolute Gasteiger partial charge is 0.365 e. The van der Waals surface area contributed by atoms with Gasteiger partial charge in [0, 0.05) is 0 Å². The Balaban J connectivity index is 1.75. The summed E-state index contributed by atoms with van der Waals surface area (Å²) in [6, 6.07) is 23.4. The van der Waals surface area contributed by atoms with Gasteiger partial charge >= 0.3 is 0 Å². The minimum Gasteiger partial charge on any atom is -0.365 e. The van der Waals surface area contributed by atoms with E-state index in [4.69, 9.17) is 5.73 Å². The van der Waals surface area contributed by atoms with Crippen molar-refractivity contribution < 1.29 is 24.6 Å². The molecule has 0 unspecified atom stereocenters. The Morgan fingerprint density at radius 1 is 0.932 bits per heavy atom. The third kappa shape index (κ3) is 8.53. The Labute approximate surface area is 259 Å². The Morgan fingerprint density at radius 3 is 2.20 bits per heavy atom. The fourth-order valence-corrected chi connectivity index (χ4v) is 5.20. The van der Waals surface area contributed by atoms with Crippen LogP contribution in [0, 0.1) is 29.6 Å². The lowest BCUT2D eigenvalue weighted by atomic mass is 9.84. The number of nitrogens with two attached hydrogens (primary N) is 1. The second-order valence-electron chi connectivity index (χ2n) is 12.3. The molecule has 0 aliphatic rings. The lowest BCUT2D eigenvalue weighted by Gasteiger charge is -2.34. The quantitative estimate of drug-likeness (QED) is 0.197. The fraction of sp³-hybridized carbons (Fsp3) is 0.371.